The summed E-state index contributed by atoms with van der Waals surface area (Å²) in [5.74, 6) is 0.0484. The summed E-state index contributed by atoms with van der Waals surface area (Å²) in [7, 11) is 0. The van der Waals surface area contributed by atoms with Gasteiger partial charge in [-0.15, -0.1) is 0 Å². The molecule has 3 amide bonds. The number of aryl methyl sites for hydroxylation is 2. The molecule has 2 aromatic carbocycles. The highest BCUT2D eigenvalue weighted by atomic mass is 16.5. The van der Waals surface area contributed by atoms with E-state index >= 15 is 0 Å². The zero-order valence-electron chi connectivity index (χ0n) is 22.4. The number of ether oxygens (including phenoxy) is 2. The highest BCUT2D eigenvalue weighted by Gasteiger charge is 2.39. The van der Waals surface area contributed by atoms with E-state index in [4.69, 9.17) is 9.47 Å². The number of piperidine rings is 1. The molecule has 0 aliphatic carbocycles. The molecule has 2 aromatic rings. The van der Waals surface area contributed by atoms with E-state index in [0.717, 1.165) is 60.9 Å². The molecule has 0 spiro atoms. The Balaban J connectivity index is 1.12. The van der Waals surface area contributed by atoms with Crippen LogP contribution < -0.4 is 10.1 Å². The van der Waals surface area contributed by atoms with Gasteiger partial charge in [0.25, 0.3) is 5.91 Å². The number of Topliss-reactive ketones (excluding diaryl/α,β-unsaturated/α-hetero) is 1. The van der Waals surface area contributed by atoms with Crippen molar-refractivity contribution in [2.75, 3.05) is 39.5 Å². The van der Waals surface area contributed by atoms with Gasteiger partial charge >= 0.3 is 0 Å². The molecule has 2 saturated heterocycles. The zero-order chi connectivity index (χ0) is 27.4. The normalized spacial score (nSPS) is 19.7. The summed E-state index contributed by atoms with van der Waals surface area (Å²) >= 11 is 0. The second-order valence-corrected chi connectivity index (χ2v) is 10.5. The number of imide groups is 1. The number of carbonyl (C=O) groups excluding carboxylic acids is 4. The lowest BCUT2D eigenvalue weighted by atomic mass is 9.99. The molecule has 5 rings (SSSR count). The van der Waals surface area contributed by atoms with Crippen molar-refractivity contribution in [3.63, 3.8) is 0 Å². The Morgan fingerprint density at radius 2 is 1.87 bits per heavy atom. The quantitative estimate of drug-likeness (QED) is 0.467. The molecular formula is C30H35N3O6. The SMILES string of the molecule is Cc1ccc(CC(=O)CCc2ccc3c(c2)CN(C2CCC(=O)NC2=O)C3=O)cc1OCCN1CCOCC1. The van der Waals surface area contributed by atoms with Crippen LogP contribution in [-0.2, 0) is 38.5 Å². The van der Waals surface area contributed by atoms with Gasteiger partial charge in [0.1, 0.15) is 24.2 Å². The van der Waals surface area contributed by atoms with Crippen LogP contribution >= 0.6 is 0 Å². The molecule has 3 aliphatic rings. The number of ketones is 1. The van der Waals surface area contributed by atoms with Crippen LogP contribution in [0.4, 0.5) is 0 Å². The van der Waals surface area contributed by atoms with E-state index in [-0.39, 0.29) is 24.0 Å². The number of carbonyl (C=O) groups is 4. The standard InChI is InChI=1S/C30H35N3O6/c1-20-2-3-22(18-27(20)39-15-12-32-10-13-38-14-11-32)17-24(34)6-4-21-5-7-25-23(16-21)19-33(30(25)37)26-8-9-28(35)31-29(26)36/h2-3,5,7,16,18,26H,4,6,8-15,17,19H2,1H3,(H,31,35,36). The molecule has 0 aromatic heterocycles. The Morgan fingerprint density at radius 3 is 2.67 bits per heavy atom. The molecule has 9 heteroatoms. The minimum atomic E-state index is -0.629. The first-order valence-corrected chi connectivity index (χ1v) is 13.7. The molecule has 1 unspecified atom stereocenters. The van der Waals surface area contributed by atoms with E-state index in [0.29, 0.717) is 44.4 Å². The number of morpholine rings is 1. The maximum atomic E-state index is 12.9. The topological polar surface area (TPSA) is 105 Å². The second kappa shape index (κ2) is 12.1. The van der Waals surface area contributed by atoms with Crippen molar-refractivity contribution < 1.29 is 28.7 Å². The highest BCUT2D eigenvalue weighted by Crippen LogP contribution is 2.28. The molecule has 2 fully saturated rings. The molecular weight excluding hydrogens is 498 g/mol. The molecule has 1 N–H and O–H groups in total. The highest BCUT2D eigenvalue weighted by molar-refractivity contribution is 6.05. The van der Waals surface area contributed by atoms with Gasteiger partial charge in [0, 0.05) is 51.0 Å². The molecule has 1 atom stereocenters. The minimum absolute atomic E-state index is 0.139. The number of rotatable bonds is 10. The summed E-state index contributed by atoms with van der Waals surface area (Å²) in [5, 5.41) is 2.32. The van der Waals surface area contributed by atoms with Crippen LogP contribution in [0.1, 0.15) is 51.9 Å². The first-order chi connectivity index (χ1) is 18.9. The van der Waals surface area contributed by atoms with Crippen LogP contribution in [0.25, 0.3) is 0 Å². The molecule has 3 heterocycles. The van der Waals surface area contributed by atoms with E-state index in [2.05, 4.69) is 10.2 Å². The van der Waals surface area contributed by atoms with Gasteiger partial charge in [0.05, 0.1) is 13.2 Å². The summed E-state index contributed by atoms with van der Waals surface area (Å²) in [6.45, 7) is 7.17. The molecule has 0 radical (unpaired) electrons. The molecule has 0 saturated carbocycles. The summed E-state index contributed by atoms with van der Waals surface area (Å²) < 4.78 is 11.4. The van der Waals surface area contributed by atoms with Crippen LogP contribution in [0.3, 0.4) is 0 Å². The number of nitrogens with zero attached hydrogens (tertiary/aromatic N) is 2. The number of nitrogens with one attached hydrogen (secondary N) is 1. The van der Waals surface area contributed by atoms with Gasteiger partial charge in [-0.3, -0.25) is 29.4 Å². The number of hydrogen-bond donors (Lipinski definition) is 1. The fourth-order valence-electron chi connectivity index (χ4n) is 5.40. The summed E-state index contributed by atoms with van der Waals surface area (Å²) in [6.07, 6.45) is 1.88. The predicted molar refractivity (Wildman–Crippen MR) is 143 cm³/mol. The molecule has 9 nitrogen and oxygen atoms in total. The number of fused-ring (bicyclic) bond motifs is 1. The molecule has 0 bridgehead atoms. The molecule has 3 aliphatic heterocycles. The Morgan fingerprint density at radius 1 is 1.08 bits per heavy atom. The van der Waals surface area contributed by atoms with Gasteiger partial charge in [-0.2, -0.15) is 0 Å². The van der Waals surface area contributed by atoms with Crippen molar-refractivity contribution >= 4 is 23.5 Å². The monoisotopic (exact) mass is 533 g/mol. The van der Waals surface area contributed by atoms with E-state index < -0.39 is 11.9 Å². The lowest BCUT2D eigenvalue weighted by Gasteiger charge is -2.29. The number of benzene rings is 2. The fourth-order valence-corrected chi connectivity index (χ4v) is 5.40. The molecule has 39 heavy (non-hydrogen) atoms. The average molecular weight is 534 g/mol. The van der Waals surface area contributed by atoms with Gasteiger partial charge in [0.2, 0.25) is 11.8 Å². The third-order valence-electron chi connectivity index (χ3n) is 7.70. The van der Waals surface area contributed by atoms with Crippen LogP contribution in [0.2, 0.25) is 0 Å². The van der Waals surface area contributed by atoms with E-state index in [1.165, 1.54) is 0 Å². The lowest BCUT2D eigenvalue weighted by Crippen LogP contribution is -2.52. The van der Waals surface area contributed by atoms with Crippen LogP contribution in [0, 0.1) is 6.92 Å². The maximum Gasteiger partial charge on any atom is 0.255 e. The van der Waals surface area contributed by atoms with Crippen molar-refractivity contribution in [2.24, 2.45) is 0 Å². The van der Waals surface area contributed by atoms with E-state index in [1.54, 1.807) is 11.0 Å². The smallest absolute Gasteiger partial charge is 0.255 e. The third-order valence-corrected chi connectivity index (χ3v) is 7.70. The Hall–Kier alpha value is -3.56. The first kappa shape index (κ1) is 27.0. The average Bonchev–Trinajstić information content (AvgIpc) is 3.25. The van der Waals surface area contributed by atoms with Gasteiger partial charge in [0.15, 0.2) is 0 Å². The van der Waals surface area contributed by atoms with Gasteiger partial charge in [-0.05, 0) is 54.2 Å². The van der Waals surface area contributed by atoms with Crippen molar-refractivity contribution in [2.45, 2.75) is 51.6 Å². The van der Waals surface area contributed by atoms with E-state index in [1.807, 2.05) is 37.3 Å². The summed E-state index contributed by atoms with van der Waals surface area (Å²) in [6, 6.07) is 10.9. The zero-order valence-corrected chi connectivity index (χ0v) is 22.4. The van der Waals surface area contributed by atoms with Gasteiger partial charge in [-0.25, -0.2) is 0 Å². The van der Waals surface area contributed by atoms with Crippen LogP contribution in [-0.4, -0.2) is 78.8 Å². The largest absolute Gasteiger partial charge is 0.492 e. The van der Waals surface area contributed by atoms with Crippen LogP contribution in [0.5, 0.6) is 5.75 Å². The second-order valence-electron chi connectivity index (χ2n) is 10.5. The van der Waals surface area contributed by atoms with Gasteiger partial charge in [-0.1, -0.05) is 24.3 Å². The Bertz CT molecular complexity index is 1270. The number of hydrogen-bond acceptors (Lipinski definition) is 7. The van der Waals surface area contributed by atoms with Crippen molar-refractivity contribution in [1.82, 2.24) is 15.1 Å². The van der Waals surface area contributed by atoms with E-state index in [9.17, 15) is 19.2 Å². The van der Waals surface area contributed by atoms with Crippen molar-refractivity contribution in [3.8, 4) is 5.75 Å². The first-order valence-electron chi connectivity index (χ1n) is 13.7. The Labute approximate surface area is 228 Å². The summed E-state index contributed by atoms with van der Waals surface area (Å²) in [5.41, 5.74) is 4.40. The van der Waals surface area contributed by atoms with Crippen molar-refractivity contribution in [1.29, 1.82) is 0 Å². The molecule has 206 valence electrons. The van der Waals surface area contributed by atoms with Crippen molar-refractivity contribution in [3.05, 3.63) is 64.2 Å². The summed E-state index contributed by atoms with van der Waals surface area (Å²) in [4.78, 5) is 53.3. The third kappa shape index (κ3) is 6.54. The predicted octanol–water partition coefficient (Wildman–Crippen LogP) is 2.21. The Kier molecular flexibility index (Phi) is 8.38. The van der Waals surface area contributed by atoms with Crippen LogP contribution in [0.15, 0.2) is 36.4 Å². The maximum absolute atomic E-state index is 12.9. The minimum Gasteiger partial charge on any atom is -0.492 e. The van der Waals surface area contributed by atoms with Gasteiger partial charge < -0.3 is 14.4 Å². The lowest BCUT2D eigenvalue weighted by molar-refractivity contribution is -0.137. The fraction of sp³-hybridized carbons (Fsp3) is 0.467. The number of amides is 3.